The maximum Gasteiger partial charge on any atom is 0.248 e. The second-order valence-corrected chi connectivity index (χ2v) is 7.29. The molecule has 0 spiro atoms. The molecule has 1 atom stereocenters. The lowest BCUT2D eigenvalue weighted by molar-refractivity contribution is -0.115. The van der Waals surface area contributed by atoms with Crippen LogP contribution in [0.3, 0.4) is 0 Å². The topological polar surface area (TPSA) is 116 Å². The number of hydrogen-bond donors (Lipinski definition) is 2. The molecule has 0 saturated carbocycles. The molecule has 138 valence electrons. The summed E-state index contributed by atoms with van der Waals surface area (Å²) in [5.74, 6) is -0.747. The number of primary amides is 1. The van der Waals surface area contributed by atoms with Gasteiger partial charge in [-0.05, 0) is 65.9 Å². The monoisotopic (exact) mass is 402 g/mol. The Labute approximate surface area is 164 Å². The molecule has 3 N–H and O–H groups in total. The zero-order valence-corrected chi connectivity index (χ0v) is 15.7. The number of benzene rings is 2. The molecule has 0 unspecified atom stereocenters. The first-order chi connectivity index (χ1) is 12.9. The summed E-state index contributed by atoms with van der Waals surface area (Å²) in [5, 5.41) is 15.0. The lowest BCUT2D eigenvalue weighted by Gasteiger charge is -2.12. The summed E-state index contributed by atoms with van der Waals surface area (Å²) in [5.41, 5.74) is 6.88. The second kappa shape index (κ2) is 8.19. The van der Waals surface area contributed by atoms with Crippen molar-refractivity contribution < 1.29 is 9.59 Å². The molecule has 0 bridgehead atoms. The molecule has 3 rings (SSSR count). The van der Waals surface area contributed by atoms with E-state index in [9.17, 15) is 9.59 Å². The van der Waals surface area contributed by atoms with Crippen LogP contribution in [-0.2, 0) is 4.79 Å². The lowest BCUT2D eigenvalue weighted by atomic mass is 10.2. The number of aromatic nitrogens is 4. The second-order valence-electron chi connectivity index (χ2n) is 5.54. The van der Waals surface area contributed by atoms with Crippen LogP contribution in [0.25, 0.3) is 5.69 Å². The Morgan fingerprint density at radius 3 is 2.44 bits per heavy atom. The fraction of sp³-hybridized carbons (Fsp3) is 0.118. The number of halogens is 1. The van der Waals surface area contributed by atoms with Crippen LogP contribution in [0.2, 0.25) is 5.02 Å². The quantitative estimate of drug-likeness (QED) is 0.612. The maximum absolute atomic E-state index is 12.4. The van der Waals surface area contributed by atoms with E-state index in [2.05, 4.69) is 20.8 Å². The largest absolute Gasteiger partial charge is 0.366 e. The molecule has 0 aliphatic carbocycles. The van der Waals surface area contributed by atoms with Crippen molar-refractivity contribution in [3.8, 4) is 5.69 Å². The van der Waals surface area contributed by atoms with Crippen LogP contribution in [-0.4, -0.2) is 37.3 Å². The van der Waals surface area contributed by atoms with E-state index in [0.29, 0.717) is 21.4 Å². The average molecular weight is 403 g/mol. The molecule has 0 saturated heterocycles. The van der Waals surface area contributed by atoms with E-state index in [0.717, 1.165) is 5.69 Å². The first-order valence-corrected chi connectivity index (χ1v) is 9.11. The highest BCUT2D eigenvalue weighted by Gasteiger charge is 2.19. The predicted octanol–water partition coefficient (Wildman–Crippen LogP) is 2.53. The molecule has 3 aromatic rings. The van der Waals surface area contributed by atoms with Crippen LogP contribution in [0.15, 0.2) is 53.7 Å². The summed E-state index contributed by atoms with van der Waals surface area (Å²) >= 11 is 7.12. The van der Waals surface area contributed by atoms with Gasteiger partial charge in [0.1, 0.15) is 0 Å². The van der Waals surface area contributed by atoms with Crippen LogP contribution in [0.1, 0.15) is 17.3 Å². The van der Waals surface area contributed by atoms with Crippen LogP contribution in [0.5, 0.6) is 0 Å². The van der Waals surface area contributed by atoms with Crippen LogP contribution in [0.4, 0.5) is 5.69 Å². The summed E-state index contributed by atoms with van der Waals surface area (Å²) in [4.78, 5) is 23.5. The summed E-state index contributed by atoms with van der Waals surface area (Å²) in [6.45, 7) is 1.75. The molecule has 0 aliphatic rings. The van der Waals surface area contributed by atoms with E-state index >= 15 is 0 Å². The molecule has 2 aromatic carbocycles. The fourth-order valence-electron chi connectivity index (χ4n) is 2.17. The molecule has 8 nitrogen and oxygen atoms in total. The SMILES string of the molecule is C[C@@H](Sc1nnnn1-c1ccc(Cl)cc1)C(=O)Nc1ccc(C(N)=O)cc1. The Kier molecular flexibility index (Phi) is 5.72. The molecule has 27 heavy (non-hydrogen) atoms. The van der Waals surface area contributed by atoms with E-state index in [4.69, 9.17) is 17.3 Å². The maximum atomic E-state index is 12.4. The van der Waals surface area contributed by atoms with Gasteiger partial charge < -0.3 is 11.1 Å². The summed E-state index contributed by atoms with van der Waals surface area (Å²) in [6.07, 6.45) is 0. The van der Waals surface area contributed by atoms with E-state index in [1.54, 1.807) is 55.5 Å². The van der Waals surface area contributed by atoms with Gasteiger partial charge >= 0.3 is 0 Å². The van der Waals surface area contributed by atoms with E-state index < -0.39 is 11.2 Å². The number of thioether (sulfide) groups is 1. The number of amides is 2. The van der Waals surface area contributed by atoms with Gasteiger partial charge in [0, 0.05) is 16.3 Å². The third-order valence-electron chi connectivity index (χ3n) is 3.60. The van der Waals surface area contributed by atoms with E-state index in [1.807, 2.05) is 0 Å². The number of rotatable bonds is 6. The third-order valence-corrected chi connectivity index (χ3v) is 4.89. The Morgan fingerprint density at radius 1 is 1.15 bits per heavy atom. The minimum atomic E-state index is -0.522. The van der Waals surface area contributed by atoms with Crippen molar-refractivity contribution in [1.29, 1.82) is 0 Å². The Balaban J connectivity index is 1.67. The number of nitrogens with zero attached hydrogens (tertiary/aromatic N) is 4. The smallest absolute Gasteiger partial charge is 0.248 e. The standard InChI is InChI=1S/C17H15ClN6O2S/c1-10(16(26)20-13-6-2-11(3-7-13)15(19)25)27-17-21-22-23-24(17)14-8-4-12(18)5-9-14/h2-10H,1H3,(H2,19,25)(H,20,26)/t10-/m1/s1. The van der Waals surface area contributed by atoms with Crippen molar-refractivity contribution in [1.82, 2.24) is 20.2 Å². The van der Waals surface area contributed by atoms with Crippen molar-refractivity contribution >= 4 is 40.9 Å². The number of anilines is 1. The molecule has 0 radical (unpaired) electrons. The predicted molar refractivity (Wildman–Crippen MR) is 103 cm³/mol. The van der Waals surface area contributed by atoms with Gasteiger partial charge in [0.05, 0.1) is 10.9 Å². The van der Waals surface area contributed by atoms with Gasteiger partial charge in [-0.2, -0.15) is 4.68 Å². The third kappa shape index (κ3) is 4.63. The van der Waals surface area contributed by atoms with Gasteiger partial charge in [-0.3, -0.25) is 9.59 Å². The van der Waals surface area contributed by atoms with E-state index in [1.165, 1.54) is 16.4 Å². The first kappa shape index (κ1) is 18.9. The van der Waals surface area contributed by atoms with Gasteiger partial charge in [0.2, 0.25) is 17.0 Å². The number of hydrogen-bond acceptors (Lipinski definition) is 6. The Morgan fingerprint density at radius 2 is 1.81 bits per heavy atom. The molecule has 2 amide bonds. The summed E-state index contributed by atoms with van der Waals surface area (Å²) < 4.78 is 1.53. The molecule has 1 heterocycles. The molecule has 10 heteroatoms. The minimum Gasteiger partial charge on any atom is -0.366 e. The van der Waals surface area contributed by atoms with Crippen LogP contribution in [0, 0.1) is 0 Å². The van der Waals surface area contributed by atoms with Gasteiger partial charge in [0.25, 0.3) is 0 Å². The number of nitrogens with one attached hydrogen (secondary N) is 1. The van der Waals surface area contributed by atoms with Gasteiger partial charge in [-0.25, -0.2) is 0 Å². The van der Waals surface area contributed by atoms with Gasteiger partial charge in [-0.15, -0.1) is 5.10 Å². The average Bonchev–Trinajstić information content (AvgIpc) is 3.10. The van der Waals surface area contributed by atoms with E-state index in [-0.39, 0.29) is 5.91 Å². The number of tetrazole rings is 1. The molecule has 1 aromatic heterocycles. The zero-order chi connectivity index (χ0) is 19.4. The van der Waals surface area contributed by atoms with Crippen molar-refractivity contribution in [2.24, 2.45) is 5.73 Å². The normalized spacial score (nSPS) is 11.8. The Bertz CT molecular complexity index is 958. The van der Waals surface area contributed by atoms with Crippen molar-refractivity contribution in [3.05, 3.63) is 59.1 Å². The molecule has 0 fully saturated rings. The van der Waals surface area contributed by atoms with Crippen molar-refractivity contribution in [3.63, 3.8) is 0 Å². The summed E-state index contributed by atoms with van der Waals surface area (Å²) in [7, 11) is 0. The highest BCUT2D eigenvalue weighted by molar-refractivity contribution is 8.00. The van der Waals surface area contributed by atoms with Gasteiger partial charge in [0.15, 0.2) is 0 Å². The Hall–Kier alpha value is -2.91. The van der Waals surface area contributed by atoms with Crippen molar-refractivity contribution in [2.75, 3.05) is 5.32 Å². The number of carbonyl (C=O) groups is 2. The number of nitrogens with two attached hydrogens (primary N) is 1. The van der Waals surface area contributed by atoms with Crippen molar-refractivity contribution in [2.45, 2.75) is 17.3 Å². The zero-order valence-electron chi connectivity index (χ0n) is 14.2. The first-order valence-electron chi connectivity index (χ1n) is 7.86. The lowest BCUT2D eigenvalue weighted by Crippen LogP contribution is -2.23. The number of carbonyl (C=O) groups excluding carboxylic acids is 2. The van der Waals surface area contributed by atoms with Crippen LogP contribution < -0.4 is 11.1 Å². The minimum absolute atomic E-state index is 0.225. The highest BCUT2D eigenvalue weighted by atomic mass is 35.5. The van der Waals surface area contributed by atoms with Crippen LogP contribution >= 0.6 is 23.4 Å². The summed E-state index contributed by atoms with van der Waals surface area (Å²) in [6, 6.07) is 13.4. The van der Waals surface area contributed by atoms with Gasteiger partial charge in [-0.1, -0.05) is 23.4 Å². The molecule has 0 aliphatic heterocycles. The fourth-order valence-corrected chi connectivity index (χ4v) is 3.10. The highest BCUT2D eigenvalue weighted by Crippen LogP contribution is 2.24. The molecular formula is C17H15ClN6O2S. The molecular weight excluding hydrogens is 388 g/mol.